The number of para-hydroxylation sites is 1. The van der Waals surface area contributed by atoms with Crippen LogP contribution in [0.4, 0.5) is 0 Å². The molecule has 1 heterocycles. The number of carbonyl (C=O) groups excluding carboxylic acids is 1. The van der Waals surface area contributed by atoms with Crippen molar-refractivity contribution in [1.82, 2.24) is 5.32 Å². The van der Waals surface area contributed by atoms with Gasteiger partial charge in [-0.05, 0) is 30.5 Å². The third-order valence-corrected chi connectivity index (χ3v) is 4.87. The van der Waals surface area contributed by atoms with Gasteiger partial charge in [0.2, 0.25) is 5.91 Å². The van der Waals surface area contributed by atoms with Crippen LogP contribution in [0.15, 0.2) is 65.1 Å². The first-order valence-corrected chi connectivity index (χ1v) is 8.65. The van der Waals surface area contributed by atoms with Crippen molar-refractivity contribution < 1.29 is 9.21 Å². The highest BCUT2D eigenvalue weighted by molar-refractivity contribution is 5.81. The summed E-state index contributed by atoms with van der Waals surface area (Å²) in [5.74, 6) is 1.07. The van der Waals surface area contributed by atoms with Gasteiger partial charge in [0.15, 0.2) is 0 Å². The molecule has 1 aliphatic carbocycles. The highest BCUT2D eigenvalue weighted by Crippen LogP contribution is 2.30. The molecule has 0 radical (unpaired) electrons. The average molecular weight is 319 g/mol. The van der Waals surface area contributed by atoms with E-state index in [1.807, 2.05) is 60.7 Å². The van der Waals surface area contributed by atoms with E-state index in [4.69, 9.17) is 4.42 Å². The Bertz CT molecular complexity index is 798. The number of carbonyl (C=O) groups is 1. The number of hydrogen-bond donors (Lipinski definition) is 1. The van der Waals surface area contributed by atoms with E-state index in [0.717, 1.165) is 48.0 Å². The van der Waals surface area contributed by atoms with Gasteiger partial charge in [-0.25, -0.2) is 0 Å². The maximum absolute atomic E-state index is 12.7. The van der Waals surface area contributed by atoms with Crippen molar-refractivity contribution in [2.24, 2.45) is 5.92 Å². The van der Waals surface area contributed by atoms with Crippen molar-refractivity contribution in [1.29, 1.82) is 0 Å². The van der Waals surface area contributed by atoms with Gasteiger partial charge in [0.1, 0.15) is 17.4 Å². The van der Waals surface area contributed by atoms with Gasteiger partial charge in [0, 0.05) is 11.3 Å². The first-order chi connectivity index (χ1) is 11.8. The molecule has 3 heteroatoms. The monoisotopic (exact) mass is 319 g/mol. The summed E-state index contributed by atoms with van der Waals surface area (Å²) in [7, 11) is 0. The Hall–Kier alpha value is -2.55. The molecule has 1 aromatic heterocycles. The quantitative estimate of drug-likeness (QED) is 0.748. The minimum absolute atomic E-state index is 0.139. The minimum atomic E-state index is -0.244. The zero-order valence-electron chi connectivity index (χ0n) is 13.6. The van der Waals surface area contributed by atoms with Crippen LogP contribution in [-0.4, -0.2) is 5.91 Å². The molecule has 1 saturated carbocycles. The van der Waals surface area contributed by atoms with Crippen molar-refractivity contribution in [3.05, 3.63) is 72.0 Å². The van der Waals surface area contributed by atoms with Gasteiger partial charge >= 0.3 is 0 Å². The molecule has 3 nitrogen and oxygen atoms in total. The average Bonchev–Trinajstić information content (AvgIpc) is 3.29. The van der Waals surface area contributed by atoms with Gasteiger partial charge in [-0.2, -0.15) is 0 Å². The first-order valence-electron chi connectivity index (χ1n) is 8.65. The maximum atomic E-state index is 12.7. The van der Waals surface area contributed by atoms with Gasteiger partial charge in [-0.1, -0.05) is 61.4 Å². The molecule has 3 aromatic rings. The van der Waals surface area contributed by atoms with Crippen LogP contribution < -0.4 is 5.32 Å². The smallest absolute Gasteiger partial charge is 0.223 e. The van der Waals surface area contributed by atoms with E-state index in [1.165, 1.54) is 0 Å². The molecular formula is C21H21NO2. The fourth-order valence-corrected chi connectivity index (χ4v) is 3.56. The number of hydrogen-bond acceptors (Lipinski definition) is 2. The molecule has 0 saturated heterocycles. The molecule has 1 fully saturated rings. The summed E-state index contributed by atoms with van der Waals surface area (Å²) < 4.78 is 6.03. The summed E-state index contributed by atoms with van der Waals surface area (Å²) in [5.41, 5.74) is 1.89. The standard InChI is InChI=1S/C21H21NO2/c23-21(16-10-4-5-11-16)22-20(15-8-2-1-3-9-15)19-14-17-12-6-7-13-18(17)24-19/h1-3,6-9,12-14,16,20H,4-5,10-11H2,(H,22,23)/t20-/m0/s1. The third-order valence-electron chi connectivity index (χ3n) is 4.87. The second kappa shape index (κ2) is 6.52. The van der Waals surface area contributed by atoms with Crippen LogP contribution in [0.1, 0.15) is 43.0 Å². The lowest BCUT2D eigenvalue weighted by molar-refractivity contribution is -0.125. The minimum Gasteiger partial charge on any atom is -0.459 e. The van der Waals surface area contributed by atoms with E-state index in [0.29, 0.717) is 0 Å². The predicted octanol–water partition coefficient (Wildman–Crippen LogP) is 4.83. The molecule has 24 heavy (non-hydrogen) atoms. The lowest BCUT2D eigenvalue weighted by atomic mass is 10.0. The fraction of sp³-hybridized carbons (Fsp3) is 0.286. The lowest BCUT2D eigenvalue weighted by Crippen LogP contribution is -2.33. The Labute approximate surface area is 141 Å². The Kier molecular flexibility index (Phi) is 4.08. The largest absolute Gasteiger partial charge is 0.459 e. The van der Waals surface area contributed by atoms with E-state index < -0.39 is 0 Å². The molecule has 1 amide bonds. The van der Waals surface area contributed by atoms with Gasteiger partial charge in [0.25, 0.3) is 0 Å². The summed E-state index contributed by atoms with van der Waals surface area (Å²) in [6.07, 6.45) is 4.29. The van der Waals surface area contributed by atoms with Gasteiger partial charge in [-0.15, -0.1) is 0 Å². The molecule has 1 N–H and O–H groups in total. The van der Waals surface area contributed by atoms with E-state index in [1.54, 1.807) is 0 Å². The van der Waals surface area contributed by atoms with Gasteiger partial charge in [0.05, 0.1) is 0 Å². The summed E-state index contributed by atoms with van der Waals surface area (Å²) >= 11 is 0. The van der Waals surface area contributed by atoms with Gasteiger partial charge < -0.3 is 9.73 Å². The van der Waals surface area contributed by atoms with E-state index >= 15 is 0 Å². The second-order valence-corrected chi connectivity index (χ2v) is 6.52. The van der Waals surface area contributed by atoms with Crippen LogP contribution in [0.25, 0.3) is 11.0 Å². The summed E-state index contributed by atoms with van der Waals surface area (Å²) in [4.78, 5) is 12.7. The highest BCUT2D eigenvalue weighted by Gasteiger charge is 2.27. The number of nitrogens with one attached hydrogen (secondary N) is 1. The number of furan rings is 1. The summed E-state index contributed by atoms with van der Waals surface area (Å²) in [6, 6.07) is 19.8. The maximum Gasteiger partial charge on any atom is 0.223 e. The first kappa shape index (κ1) is 15.0. The Balaban J connectivity index is 1.68. The normalized spacial score (nSPS) is 16.3. The second-order valence-electron chi connectivity index (χ2n) is 6.52. The SMILES string of the molecule is O=C(N[C@@H](c1ccccc1)c1cc2ccccc2o1)C1CCCC1. The molecular weight excluding hydrogens is 298 g/mol. The Morgan fingerprint density at radius 3 is 2.46 bits per heavy atom. The number of benzene rings is 2. The molecule has 0 spiro atoms. The molecule has 4 rings (SSSR count). The van der Waals surface area contributed by atoms with Crippen LogP contribution >= 0.6 is 0 Å². The molecule has 1 aliphatic rings. The van der Waals surface area contributed by atoms with Crippen LogP contribution in [0.2, 0.25) is 0 Å². The number of rotatable bonds is 4. The lowest BCUT2D eigenvalue weighted by Gasteiger charge is -2.19. The van der Waals surface area contributed by atoms with Crippen LogP contribution in [0.5, 0.6) is 0 Å². The van der Waals surface area contributed by atoms with Crippen LogP contribution in [0, 0.1) is 5.92 Å². The summed E-state index contributed by atoms with van der Waals surface area (Å²) in [6.45, 7) is 0. The zero-order valence-corrected chi connectivity index (χ0v) is 13.6. The van der Waals surface area contributed by atoms with Crippen molar-refractivity contribution in [2.45, 2.75) is 31.7 Å². The molecule has 1 atom stereocenters. The van der Waals surface area contributed by atoms with E-state index in [9.17, 15) is 4.79 Å². The van der Waals surface area contributed by atoms with Crippen molar-refractivity contribution >= 4 is 16.9 Å². The van der Waals surface area contributed by atoms with E-state index in [-0.39, 0.29) is 17.9 Å². The Morgan fingerprint density at radius 1 is 1.00 bits per heavy atom. The predicted molar refractivity (Wildman–Crippen MR) is 94.6 cm³/mol. The topological polar surface area (TPSA) is 42.2 Å². The van der Waals surface area contributed by atoms with Crippen LogP contribution in [-0.2, 0) is 4.79 Å². The zero-order chi connectivity index (χ0) is 16.4. The molecule has 0 aliphatic heterocycles. The van der Waals surface area contributed by atoms with Crippen molar-refractivity contribution in [3.8, 4) is 0 Å². The molecule has 0 unspecified atom stereocenters. The van der Waals surface area contributed by atoms with Crippen molar-refractivity contribution in [2.75, 3.05) is 0 Å². The molecule has 122 valence electrons. The van der Waals surface area contributed by atoms with Gasteiger partial charge in [-0.3, -0.25) is 4.79 Å². The van der Waals surface area contributed by atoms with Crippen LogP contribution in [0.3, 0.4) is 0 Å². The fourth-order valence-electron chi connectivity index (χ4n) is 3.56. The molecule has 2 aromatic carbocycles. The third kappa shape index (κ3) is 2.94. The summed E-state index contributed by atoms with van der Waals surface area (Å²) in [5, 5.41) is 4.28. The Morgan fingerprint density at radius 2 is 1.71 bits per heavy atom. The van der Waals surface area contributed by atoms with E-state index in [2.05, 4.69) is 5.32 Å². The van der Waals surface area contributed by atoms with Crippen molar-refractivity contribution in [3.63, 3.8) is 0 Å². The molecule has 0 bridgehead atoms. The number of fused-ring (bicyclic) bond motifs is 1. The highest BCUT2D eigenvalue weighted by atomic mass is 16.3. The number of amides is 1.